The zero-order valence-corrected chi connectivity index (χ0v) is 22.4. The van der Waals surface area contributed by atoms with Crippen molar-refractivity contribution in [2.45, 2.75) is 70.7 Å². The molecule has 3 N–H and O–H groups in total. The van der Waals surface area contributed by atoms with E-state index in [0.717, 1.165) is 11.6 Å². The predicted octanol–water partition coefficient (Wildman–Crippen LogP) is 4.77. The molecule has 1 aromatic rings. The number of ether oxygens (including phenoxy) is 3. The van der Waals surface area contributed by atoms with Crippen molar-refractivity contribution in [1.82, 2.24) is 16.0 Å². The minimum absolute atomic E-state index is 0.0894. The number of alkyl carbamates (subject to hydrolysis) is 3. The molecule has 194 valence electrons. The Morgan fingerprint density at radius 2 is 1.66 bits per heavy atom. The van der Waals surface area contributed by atoms with Crippen molar-refractivity contribution >= 4 is 26.4 Å². The molecule has 0 aliphatic heterocycles. The number of hydrogen-bond donors (Lipinski definition) is 3. The van der Waals surface area contributed by atoms with Crippen LogP contribution in [0.2, 0.25) is 25.7 Å². The summed E-state index contributed by atoms with van der Waals surface area (Å²) in [7, 11) is -1.39. The fourth-order valence-corrected chi connectivity index (χ4v) is 4.08. The molecule has 0 bridgehead atoms. The fraction of sp³-hybridized carbons (Fsp3) is 0.560. The van der Waals surface area contributed by atoms with Gasteiger partial charge in [-0.3, -0.25) is 10.6 Å². The van der Waals surface area contributed by atoms with E-state index in [2.05, 4.69) is 35.6 Å². The van der Waals surface area contributed by atoms with Gasteiger partial charge in [-0.25, -0.2) is 14.4 Å². The van der Waals surface area contributed by atoms with Crippen LogP contribution < -0.4 is 16.0 Å². The van der Waals surface area contributed by atoms with Gasteiger partial charge >= 0.3 is 18.3 Å². The summed E-state index contributed by atoms with van der Waals surface area (Å²) < 4.78 is 16.0. The zero-order valence-electron chi connectivity index (χ0n) is 21.4. The van der Waals surface area contributed by atoms with Crippen LogP contribution >= 0.6 is 0 Å². The lowest BCUT2D eigenvalue weighted by molar-refractivity contribution is 0.0874. The molecule has 0 saturated heterocycles. The summed E-state index contributed by atoms with van der Waals surface area (Å²) in [4.78, 5) is 37.9. The second kappa shape index (κ2) is 13.2. The lowest BCUT2D eigenvalue weighted by Gasteiger charge is -2.41. The molecule has 0 spiro atoms. The predicted molar refractivity (Wildman–Crippen MR) is 137 cm³/mol. The number of rotatable bonds is 10. The first kappa shape index (κ1) is 28.2. The van der Waals surface area contributed by atoms with E-state index in [4.69, 9.17) is 14.2 Å². The van der Waals surface area contributed by atoms with Crippen molar-refractivity contribution in [2.75, 3.05) is 13.2 Å². The van der Waals surface area contributed by atoms with Gasteiger partial charge in [-0.15, -0.1) is 0 Å². The van der Waals surface area contributed by atoms with Gasteiger partial charge in [-0.05, 0) is 30.4 Å². The molecule has 10 heteroatoms. The first-order valence-electron chi connectivity index (χ1n) is 12.0. The molecule has 0 heterocycles. The van der Waals surface area contributed by atoms with E-state index < -0.39 is 38.1 Å². The van der Waals surface area contributed by atoms with Gasteiger partial charge in [0.25, 0.3) is 0 Å². The highest BCUT2D eigenvalue weighted by Gasteiger charge is 2.44. The first-order valence-corrected chi connectivity index (χ1v) is 15.7. The van der Waals surface area contributed by atoms with E-state index in [1.165, 1.54) is 0 Å². The smallest absolute Gasteiger partial charge is 0.409 e. The number of hydrogen-bond acceptors (Lipinski definition) is 6. The van der Waals surface area contributed by atoms with Gasteiger partial charge in [0.2, 0.25) is 0 Å². The van der Waals surface area contributed by atoms with Crippen LogP contribution in [0.4, 0.5) is 14.4 Å². The van der Waals surface area contributed by atoms with Gasteiger partial charge in [-0.2, -0.15) is 0 Å². The second-order valence-corrected chi connectivity index (χ2v) is 15.9. The van der Waals surface area contributed by atoms with Crippen LogP contribution in [0, 0.1) is 5.92 Å². The Kier molecular flexibility index (Phi) is 10.6. The maximum absolute atomic E-state index is 12.7. The quantitative estimate of drug-likeness (QED) is 0.183. The topological polar surface area (TPSA) is 115 Å². The maximum Gasteiger partial charge on any atom is 0.409 e. The molecular formula is C25H39N3O6Si. The third kappa shape index (κ3) is 10.4. The average Bonchev–Trinajstić information content (AvgIpc) is 2.77. The van der Waals surface area contributed by atoms with E-state index in [-0.39, 0.29) is 25.7 Å². The summed E-state index contributed by atoms with van der Waals surface area (Å²) in [6.45, 7) is 11.0. The van der Waals surface area contributed by atoms with Crippen LogP contribution in [-0.2, 0) is 20.8 Å². The van der Waals surface area contributed by atoms with Gasteiger partial charge in [-0.1, -0.05) is 76.0 Å². The van der Waals surface area contributed by atoms with Crippen molar-refractivity contribution in [3.63, 3.8) is 0 Å². The van der Waals surface area contributed by atoms with Gasteiger partial charge < -0.3 is 19.5 Å². The molecule has 2 rings (SSSR count). The summed E-state index contributed by atoms with van der Waals surface area (Å²) in [5, 5.41) is 8.31. The monoisotopic (exact) mass is 505 g/mol. The number of nitrogens with one attached hydrogen (secondary N) is 3. The minimum atomic E-state index is -1.39. The lowest BCUT2D eigenvalue weighted by atomic mass is 9.89. The second-order valence-electron chi connectivity index (χ2n) is 10.3. The van der Waals surface area contributed by atoms with Crippen LogP contribution in [0.5, 0.6) is 0 Å². The van der Waals surface area contributed by atoms with Crippen LogP contribution in [0.1, 0.15) is 32.3 Å². The molecular weight excluding hydrogens is 466 g/mol. The lowest BCUT2D eigenvalue weighted by Crippen LogP contribution is -2.71. The minimum Gasteiger partial charge on any atom is -0.450 e. The average molecular weight is 506 g/mol. The normalized spacial score (nSPS) is 19.5. The van der Waals surface area contributed by atoms with E-state index in [9.17, 15) is 14.4 Å². The Hall–Kier alpha value is -3.01. The maximum atomic E-state index is 12.7. The number of carbonyl (C=O) groups excluding carboxylic acids is 3. The third-order valence-electron chi connectivity index (χ3n) is 5.33. The largest absolute Gasteiger partial charge is 0.450 e. The van der Waals surface area contributed by atoms with E-state index in [0.29, 0.717) is 12.8 Å². The molecule has 0 aromatic heterocycles. The highest BCUT2D eigenvalue weighted by molar-refractivity contribution is 6.76. The van der Waals surface area contributed by atoms with Gasteiger partial charge in [0.15, 0.2) is 0 Å². The van der Waals surface area contributed by atoms with Crippen molar-refractivity contribution in [1.29, 1.82) is 0 Å². The van der Waals surface area contributed by atoms with Gasteiger partial charge in [0.1, 0.15) is 12.3 Å². The SMILES string of the molecule is CC(C)COC(=O)N[C@]1(NC(=O)OCC[Si](C)(C)C)CCC=CC1NC(=O)OCc1ccccc1. The van der Waals surface area contributed by atoms with E-state index >= 15 is 0 Å². The van der Waals surface area contributed by atoms with Crippen molar-refractivity contribution in [2.24, 2.45) is 5.92 Å². The number of amides is 3. The van der Waals surface area contributed by atoms with Crippen molar-refractivity contribution < 1.29 is 28.6 Å². The molecule has 35 heavy (non-hydrogen) atoms. The molecule has 9 nitrogen and oxygen atoms in total. The number of carbonyl (C=O) groups is 3. The van der Waals surface area contributed by atoms with Gasteiger partial charge in [0, 0.05) is 8.07 Å². The molecule has 0 fully saturated rings. The van der Waals surface area contributed by atoms with Crippen LogP contribution in [0.15, 0.2) is 42.5 Å². The Morgan fingerprint density at radius 1 is 1.00 bits per heavy atom. The molecule has 0 saturated carbocycles. The van der Waals surface area contributed by atoms with Crippen molar-refractivity contribution in [3.8, 4) is 0 Å². The number of benzene rings is 1. The third-order valence-corrected chi connectivity index (χ3v) is 7.04. The van der Waals surface area contributed by atoms with Crippen LogP contribution in [-0.4, -0.2) is 51.3 Å². The molecule has 1 unspecified atom stereocenters. The van der Waals surface area contributed by atoms with Crippen LogP contribution in [0.3, 0.4) is 0 Å². The Morgan fingerprint density at radius 3 is 2.29 bits per heavy atom. The van der Waals surface area contributed by atoms with E-state index in [1.807, 2.05) is 50.3 Å². The van der Waals surface area contributed by atoms with Crippen LogP contribution in [0.25, 0.3) is 0 Å². The highest BCUT2D eigenvalue weighted by Crippen LogP contribution is 2.23. The fourth-order valence-electron chi connectivity index (χ4n) is 3.37. The summed E-state index contributed by atoms with van der Waals surface area (Å²) in [6.07, 6.45) is 2.44. The number of allylic oxidation sites excluding steroid dienone is 1. The summed E-state index contributed by atoms with van der Waals surface area (Å²) in [6, 6.07) is 9.32. The standard InChI is InChI=1S/C25H39N3O6Si/c1-19(2)17-33-24(31)28-25(27-23(30)32-15-16-35(3,4)5)14-10-9-13-21(25)26-22(29)34-18-20-11-7-6-8-12-20/h6-9,11-13,19,21H,10,14-18H2,1-5H3,(H,26,29)(H,27,30)(H,28,31)/t21?,25-/m1/s1. The summed E-state index contributed by atoms with van der Waals surface area (Å²) in [5.41, 5.74) is -0.502. The highest BCUT2D eigenvalue weighted by atomic mass is 28.3. The zero-order chi connectivity index (χ0) is 25.9. The van der Waals surface area contributed by atoms with Crippen molar-refractivity contribution in [3.05, 3.63) is 48.0 Å². The molecule has 1 aromatic carbocycles. The summed E-state index contributed by atoms with van der Waals surface area (Å²) >= 11 is 0. The van der Waals surface area contributed by atoms with Gasteiger partial charge in [0.05, 0.1) is 19.3 Å². The summed E-state index contributed by atoms with van der Waals surface area (Å²) in [5.74, 6) is 0.143. The molecule has 0 radical (unpaired) electrons. The molecule has 1 aliphatic rings. The Balaban J connectivity index is 2.12. The molecule has 3 amide bonds. The molecule has 2 atom stereocenters. The molecule has 1 aliphatic carbocycles. The first-order chi connectivity index (χ1) is 16.5. The van der Waals surface area contributed by atoms with E-state index in [1.54, 1.807) is 6.08 Å². The Labute approximate surface area is 209 Å². The Bertz CT molecular complexity index is 872.